The normalized spacial score (nSPS) is 21.6. The summed E-state index contributed by atoms with van der Waals surface area (Å²) in [7, 11) is 1.39. The van der Waals surface area contributed by atoms with Crippen molar-refractivity contribution in [1.82, 2.24) is 4.90 Å². The lowest BCUT2D eigenvalue weighted by Gasteiger charge is -2.16. The fourth-order valence-electron chi connectivity index (χ4n) is 2.95. The minimum atomic E-state index is -0.322. The molecule has 0 saturated carbocycles. The van der Waals surface area contributed by atoms with Crippen LogP contribution in [-0.2, 0) is 20.9 Å². The molecular weight excluding hydrogens is 266 g/mol. The molecule has 1 aliphatic heterocycles. The number of likely N-dealkylation sites (tertiary alicyclic amines) is 1. The van der Waals surface area contributed by atoms with E-state index >= 15 is 0 Å². The minimum absolute atomic E-state index is 0.0858. The smallest absolute Gasteiger partial charge is 0.311 e. The predicted octanol–water partition coefficient (Wildman–Crippen LogP) is 2.62. The van der Waals surface area contributed by atoms with Gasteiger partial charge in [-0.05, 0) is 12.0 Å². The second kappa shape index (κ2) is 7.25. The Morgan fingerprint density at radius 1 is 1.33 bits per heavy atom. The minimum Gasteiger partial charge on any atom is -0.469 e. The second-order valence-corrected chi connectivity index (χ2v) is 5.58. The summed E-state index contributed by atoms with van der Waals surface area (Å²) >= 11 is 0. The first kappa shape index (κ1) is 15.5. The van der Waals surface area contributed by atoms with Crippen molar-refractivity contribution in [2.24, 2.45) is 11.8 Å². The van der Waals surface area contributed by atoms with Crippen molar-refractivity contribution >= 4 is 11.9 Å². The molecular formula is C17H23NO3. The number of hydrogen-bond acceptors (Lipinski definition) is 3. The third-order valence-electron chi connectivity index (χ3n) is 4.12. The van der Waals surface area contributed by atoms with E-state index < -0.39 is 0 Å². The number of carbonyl (C=O) groups excluding carboxylic acids is 2. The Hall–Kier alpha value is -1.84. The fraction of sp³-hybridized carbons (Fsp3) is 0.529. The van der Waals surface area contributed by atoms with Gasteiger partial charge in [0.05, 0.1) is 18.9 Å². The van der Waals surface area contributed by atoms with Gasteiger partial charge < -0.3 is 9.64 Å². The van der Waals surface area contributed by atoms with Crippen LogP contribution in [0.5, 0.6) is 0 Å². The summed E-state index contributed by atoms with van der Waals surface area (Å²) in [5, 5.41) is 0. The number of hydrogen-bond donors (Lipinski definition) is 0. The zero-order valence-corrected chi connectivity index (χ0v) is 12.7. The Bertz CT molecular complexity index is 486. The Morgan fingerprint density at radius 3 is 2.67 bits per heavy atom. The molecule has 114 valence electrons. The van der Waals surface area contributed by atoms with Crippen LogP contribution in [0.4, 0.5) is 0 Å². The van der Waals surface area contributed by atoms with Gasteiger partial charge in [0.15, 0.2) is 0 Å². The van der Waals surface area contributed by atoms with Gasteiger partial charge in [0.25, 0.3) is 0 Å². The van der Waals surface area contributed by atoms with Crippen molar-refractivity contribution < 1.29 is 14.3 Å². The zero-order chi connectivity index (χ0) is 15.2. The molecule has 1 aliphatic rings. The van der Waals surface area contributed by atoms with Crippen molar-refractivity contribution in [2.75, 3.05) is 13.7 Å². The topological polar surface area (TPSA) is 46.6 Å². The van der Waals surface area contributed by atoms with Gasteiger partial charge in [0.2, 0.25) is 5.91 Å². The molecule has 1 aromatic rings. The molecule has 0 spiro atoms. The van der Waals surface area contributed by atoms with Gasteiger partial charge in [-0.3, -0.25) is 9.59 Å². The van der Waals surface area contributed by atoms with Crippen LogP contribution in [0.2, 0.25) is 0 Å². The summed E-state index contributed by atoms with van der Waals surface area (Å²) < 4.78 is 4.87. The number of carbonyl (C=O) groups is 2. The summed E-state index contributed by atoms with van der Waals surface area (Å²) in [5.74, 6) is -0.721. The highest BCUT2D eigenvalue weighted by atomic mass is 16.5. The molecule has 4 nitrogen and oxygen atoms in total. The average Bonchev–Trinajstić information content (AvgIpc) is 2.82. The van der Waals surface area contributed by atoms with Crippen LogP contribution in [0.25, 0.3) is 0 Å². The average molecular weight is 289 g/mol. The molecule has 2 rings (SSSR count). The van der Waals surface area contributed by atoms with Gasteiger partial charge in [0, 0.05) is 13.1 Å². The molecule has 1 fully saturated rings. The van der Waals surface area contributed by atoms with Crippen LogP contribution in [0, 0.1) is 11.8 Å². The number of ether oxygens (including phenoxy) is 1. The van der Waals surface area contributed by atoms with Crippen molar-refractivity contribution in [3.8, 4) is 0 Å². The number of esters is 1. The maximum absolute atomic E-state index is 12.6. The monoisotopic (exact) mass is 289 g/mol. The van der Waals surface area contributed by atoms with Gasteiger partial charge in [-0.1, -0.05) is 50.1 Å². The maximum Gasteiger partial charge on any atom is 0.311 e. The lowest BCUT2D eigenvalue weighted by molar-refractivity contribution is -0.147. The Labute approximate surface area is 126 Å². The number of nitrogens with zero attached hydrogens (tertiary/aromatic N) is 1. The van der Waals surface area contributed by atoms with E-state index in [2.05, 4.69) is 6.92 Å². The van der Waals surface area contributed by atoms with E-state index in [0.717, 1.165) is 24.8 Å². The number of rotatable bonds is 6. The van der Waals surface area contributed by atoms with Crippen molar-refractivity contribution in [2.45, 2.75) is 32.7 Å². The van der Waals surface area contributed by atoms with Crippen LogP contribution in [0.15, 0.2) is 30.3 Å². The molecule has 0 unspecified atom stereocenters. The van der Waals surface area contributed by atoms with Crippen LogP contribution < -0.4 is 0 Å². The maximum atomic E-state index is 12.6. The molecule has 0 aliphatic carbocycles. The van der Waals surface area contributed by atoms with Gasteiger partial charge in [-0.25, -0.2) is 0 Å². The summed E-state index contributed by atoms with van der Waals surface area (Å²) in [6.07, 6.45) is 2.75. The van der Waals surface area contributed by atoms with Crippen LogP contribution in [-0.4, -0.2) is 30.4 Å². The first-order valence-electron chi connectivity index (χ1n) is 7.58. The standard InChI is InChI=1S/C17H23NO3/c1-3-4-10-14-15(17(20)21-2)12-18(16(14)19)11-13-8-6-5-7-9-13/h5-9,14-15H,3-4,10-12H2,1-2H3/t14-,15-/m1/s1. The van der Waals surface area contributed by atoms with Crippen molar-refractivity contribution in [3.63, 3.8) is 0 Å². The predicted molar refractivity (Wildman–Crippen MR) is 80.4 cm³/mol. The zero-order valence-electron chi connectivity index (χ0n) is 12.7. The Morgan fingerprint density at radius 2 is 2.05 bits per heavy atom. The number of methoxy groups -OCH3 is 1. The molecule has 0 bridgehead atoms. The third-order valence-corrected chi connectivity index (χ3v) is 4.12. The molecule has 1 heterocycles. The first-order chi connectivity index (χ1) is 10.2. The highest BCUT2D eigenvalue weighted by Gasteiger charge is 2.44. The summed E-state index contributed by atoms with van der Waals surface area (Å²) in [6.45, 7) is 3.12. The first-order valence-corrected chi connectivity index (χ1v) is 7.58. The van der Waals surface area contributed by atoms with Crippen LogP contribution in [0.3, 0.4) is 0 Å². The summed E-state index contributed by atoms with van der Waals surface area (Å²) in [4.78, 5) is 26.3. The van der Waals surface area contributed by atoms with Gasteiger partial charge in [0.1, 0.15) is 0 Å². The lowest BCUT2D eigenvalue weighted by Crippen LogP contribution is -2.26. The largest absolute Gasteiger partial charge is 0.469 e. The van der Waals surface area contributed by atoms with Crippen LogP contribution in [0.1, 0.15) is 31.7 Å². The summed E-state index contributed by atoms with van der Waals surface area (Å²) in [5.41, 5.74) is 1.09. The van der Waals surface area contributed by atoms with Crippen LogP contribution >= 0.6 is 0 Å². The fourth-order valence-corrected chi connectivity index (χ4v) is 2.95. The molecule has 0 aromatic heterocycles. The van der Waals surface area contributed by atoms with E-state index in [0.29, 0.717) is 13.1 Å². The molecule has 1 saturated heterocycles. The molecule has 0 radical (unpaired) electrons. The number of benzene rings is 1. The third kappa shape index (κ3) is 3.63. The molecule has 1 amide bonds. The lowest BCUT2D eigenvalue weighted by atomic mass is 9.90. The van der Waals surface area contributed by atoms with Crippen molar-refractivity contribution in [3.05, 3.63) is 35.9 Å². The summed E-state index contributed by atoms with van der Waals surface area (Å²) in [6, 6.07) is 9.88. The van der Waals surface area contributed by atoms with Crippen molar-refractivity contribution in [1.29, 1.82) is 0 Å². The molecule has 1 aromatic carbocycles. The second-order valence-electron chi connectivity index (χ2n) is 5.58. The van der Waals surface area contributed by atoms with E-state index in [4.69, 9.17) is 4.74 Å². The van der Waals surface area contributed by atoms with Gasteiger partial charge in [-0.15, -0.1) is 0 Å². The van der Waals surface area contributed by atoms with E-state index in [1.165, 1.54) is 7.11 Å². The van der Waals surface area contributed by atoms with E-state index in [-0.39, 0.29) is 23.7 Å². The van der Waals surface area contributed by atoms with E-state index in [1.54, 1.807) is 4.90 Å². The highest BCUT2D eigenvalue weighted by molar-refractivity contribution is 5.89. The highest BCUT2D eigenvalue weighted by Crippen LogP contribution is 2.31. The SMILES string of the molecule is CCCC[C@H]1C(=O)N(Cc2ccccc2)C[C@H]1C(=O)OC. The molecule has 2 atom stereocenters. The van der Waals surface area contributed by atoms with E-state index in [1.807, 2.05) is 30.3 Å². The number of unbranched alkanes of at least 4 members (excludes halogenated alkanes) is 1. The van der Waals surface area contributed by atoms with E-state index in [9.17, 15) is 9.59 Å². The quantitative estimate of drug-likeness (QED) is 0.756. The Balaban J connectivity index is 2.10. The molecule has 21 heavy (non-hydrogen) atoms. The van der Waals surface area contributed by atoms with Gasteiger partial charge in [-0.2, -0.15) is 0 Å². The Kier molecular flexibility index (Phi) is 5.37. The molecule has 4 heteroatoms. The van der Waals surface area contributed by atoms with Gasteiger partial charge >= 0.3 is 5.97 Å². The molecule has 0 N–H and O–H groups in total. The number of amides is 1.